The highest BCUT2D eigenvalue weighted by molar-refractivity contribution is 6.34. The molecule has 0 unspecified atom stereocenters. The van der Waals surface area contributed by atoms with Gasteiger partial charge in [-0.1, -0.05) is 29.3 Å². The number of rotatable bonds is 3. The largest absolute Gasteiger partial charge is 0.392 e. The molecule has 8 heteroatoms. The molecule has 0 saturated heterocycles. The number of nitrogen functional groups attached to an aromatic ring is 1. The van der Waals surface area contributed by atoms with Gasteiger partial charge in [-0.25, -0.2) is 0 Å². The summed E-state index contributed by atoms with van der Waals surface area (Å²) in [5.41, 5.74) is 5.39. The van der Waals surface area contributed by atoms with Crippen molar-refractivity contribution in [2.75, 3.05) is 11.1 Å². The van der Waals surface area contributed by atoms with Gasteiger partial charge in [0, 0.05) is 22.3 Å². The smallest absolute Gasteiger partial charge is 0.294 e. The van der Waals surface area contributed by atoms with Crippen molar-refractivity contribution in [2.45, 2.75) is 0 Å². The molecule has 2 aromatic carbocycles. The number of carbonyl (C=O) groups is 1. The maximum absolute atomic E-state index is 12.1. The lowest BCUT2D eigenvalue weighted by Gasteiger charge is -2.07. The molecule has 0 heterocycles. The van der Waals surface area contributed by atoms with Gasteiger partial charge in [-0.15, -0.1) is 0 Å². The molecule has 0 aromatic heterocycles. The van der Waals surface area contributed by atoms with Gasteiger partial charge in [0.05, 0.1) is 9.95 Å². The van der Waals surface area contributed by atoms with E-state index in [2.05, 4.69) is 5.32 Å². The van der Waals surface area contributed by atoms with E-state index >= 15 is 0 Å². The summed E-state index contributed by atoms with van der Waals surface area (Å²) in [5.74, 6) is -0.553. The van der Waals surface area contributed by atoms with Gasteiger partial charge in [0.1, 0.15) is 5.69 Å². The third-order valence-corrected chi connectivity index (χ3v) is 3.20. The fraction of sp³-hybridized carbons (Fsp3) is 0. The Morgan fingerprint density at radius 1 is 1.24 bits per heavy atom. The highest BCUT2D eigenvalue weighted by Crippen LogP contribution is 2.31. The molecule has 0 saturated carbocycles. The van der Waals surface area contributed by atoms with Crippen LogP contribution in [0.15, 0.2) is 36.4 Å². The van der Waals surface area contributed by atoms with Crippen molar-refractivity contribution in [1.82, 2.24) is 0 Å². The lowest BCUT2D eigenvalue weighted by molar-refractivity contribution is -0.383. The molecule has 0 aliphatic heterocycles. The van der Waals surface area contributed by atoms with Crippen LogP contribution in [0.4, 0.5) is 17.1 Å². The lowest BCUT2D eigenvalue weighted by Crippen LogP contribution is -2.12. The molecule has 0 bridgehead atoms. The van der Waals surface area contributed by atoms with E-state index in [1.54, 1.807) is 24.3 Å². The maximum Gasteiger partial charge on any atom is 0.294 e. The van der Waals surface area contributed by atoms with Gasteiger partial charge in [-0.3, -0.25) is 14.9 Å². The van der Waals surface area contributed by atoms with Gasteiger partial charge in [0.25, 0.3) is 11.6 Å². The average molecular weight is 326 g/mol. The van der Waals surface area contributed by atoms with Crippen molar-refractivity contribution in [3.8, 4) is 0 Å². The summed E-state index contributed by atoms with van der Waals surface area (Å²) in [6.45, 7) is 0. The molecular weight excluding hydrogens is 317 g/mol. The Morgan fingerprint density at radius 3 is 2.57 bits per heavy atom. The quantitative estimate of drug-likeness (QED) is 0.510. The molecule has 2 rings (SSSR count). The van der Waals surface area contributed by atoms with Crippen LogP contribution >= 0.6 is 23.2 Å². The molecule has 0 spiro atoms. The number of nitrogens with zero attached hydrogens (tertiary/aromatic N) is 1. The van der Waals surface area contributed by atoms with Crippen LogP contribution in [0.3, 0.4) is 0 Å². The second-order valence-electron chi connectivity index (χ2n) is 4.11. The highest BCUT2D eigenvalue weighted by Gasteiger charge is 2.19. The second-order valence-corrected chi connectivity index (χ2v) is 4.96. The van der Waals surface area contributed by atoms with Crippen molar-refractivity contribution in [1.29, 1.82) is 0 Å². The molecule has 21 heavy (non-hydrogen) atoms. The number of anilines is 2. The summed E-state index contributed by atoms with van der Waals surface area (Å²) >= 11 is 11.6. The fourth-order valence-corrected chi connectivity index (χ4v) is 2.06. The molecule has 6 nitrogen and oxygen atoms in total. The van der Waals surface area contributed by atoms with Crippen molar-refractivity contribution >= 4 is 46.2 Å². The average Bonchev–Trinajstić information content (AvgIpc) is 2.41. The standard InChI is InChI=1S/C13H9Cl2N3O3/c14-8-2-1-3-9(6-8)17-13(19)7-4-10(15)12(16)11(5-7)18(20)21/h1-6H,16H2,(H,17,19). The van der Waals surface area contributed by atoms with Crippen molar-refractivity contribution in [3.63, 3.8) is 0 Å². The number of nitrogens with one attached hydrogen (secondary N) is 1. The predicted octanol–water partition coefficient (Wildman–Crippen LogP) is 3.74. The Balaban J connectivity index is 2.33. The summed E-state index contributed by atoms with van der Waals surface area (Å²) in [7, 11) is 0. The normalized spacial score (nSPS) is 10.2. The number of halogens is 2. The SMILES string of the molecule is Nc1c(Cl)cc(C(=O)Nc2cccc(Cl)c2)cc1[N+](=O)[O-]. The van der Waals surface area contributed by atoms with Crippen LogP contribution < -0.4 is 11.1 Å². The van der Waals surface area contributed by atoms with E-state index in [4.69, 9.17) is 28.9 Å². The van der Waals surface area contributed by atoms with Crippen molar-refractivity contribution < 1.29 is 9.72 Å². The summed E-state index contributed by atoms with van der Waals surface area (Å²) in [6.07, 6.45) is 0. The van der Waals surface area contributed by atoms with Crippen LogP contribution in [0, 0.1) is 10.1 Å². The van der Waals surface area contributed by atoms with Crippen LogP contribution in [-0.2, 0) is 0 Å². The predicted molar refractivity (Wildman–Crippen MR) is 81.9 cm³/mol. The van der Waals surface area contributed by atoms with Gasteiger partial charge < -0.3 is 11.1 Å². The van der Waals surface area contributed by atoms with Gasteiger partial charge in [-0.05, 0) is 24.3 Å². The zero-order valence-corrected chi connectivity index (χ0v) is 12.0. The van der Waals surface area contributed by atoms with Gasteiger partial charge in [0.2, 0.25) is 0 Å². The minimum absolute atomic E-state index is 0.0286. The summed E-state index contributed by atoms with van der Waals surface area (Å²) in [5, 5.41) is 13.8. The summed E-state index contributed by atoms with van der Waals surface area (Å²) < 4.78 is 0. The zero-order valence-electron chi connectivity index (χ0n) is 10.5. The molecule has 0 fully saturated rings. The van der Waals surface area contributed by atoms with E-state index in [1.165, 1.54) is 6.07 Å². The fourth-order valence-electron chi connectivity index (χ4n) is 1.65. The highest BCUT2D eigenvalue weighted by atomic mass is 35.5. The van der Waals surface area contributed by atoms with Crippen LogP contribution in [0.2, 0.25) is 10.0 Å². The zero-order chi connectivity index (χ0) is 15.6. The minimum Gasteiger partial charge on any atom is -0.392 e. The molecule has 1 amide bonds. The first-order valence-corrected chi connectivity index (χ1v) is 6.44. The minimum atomic E-state index is -0.697. The van der Waals surface area contributed by atoms with Crippen molar-refractivity contribution in [3.05, 3.63) is 62.1 Å². The topological polar surface area (TPSA) is 98.3 Å². The third kappa shape index (κ3) is 3.42. The summed E-state index contributed by atoms with van der Waals surface area (Å²) in [4.78, 5) is 22.3. The van der Waals surface area contributed by atoms with E-state index in [0.717, 1.165) is 6.07 Å². The third-order valence-electron chi connectivity index (χ3n) is 2.65. The molecule has 108 valence electrons. The molecular formula is C13H9Cl2N3O3. The van der Waals surface area contributed by atoms with Gasteiger partial charge in [-0.2, -0.15) is 0 Å². The first kappa shape index (κ1) is 15.1. The summed E-state index contributed by atoms with van der Waals surface area (Å²) in [6, 6.07) is 8.84. The second kappa shape index (κ2) is 5.99. The molecule has 0 radical (unpaired) electrons. The van der Waals surface area contributed by atoms with Crippen LogP contribution in [-0.4, -0.2) is 10.8 Å². The number of nitro benzene ring substituents is 1. The number of nitro groups is 1. The number of carbonyl (C=O) groups excluding carboxylic acids is 1. The molecule has 2 aromatic rings. The van der Waals surface area contributed by atoms with Crippen molar-refractivity contribution in [2.24, 2.45) is 0 Å². The Bertz CT molecular complexity index is 735. The van der Waals surface area contributed by atoms with E-state index < -0.39 is 16.5 Å². The first-order chi connectivity index (χ1) is 9.88. The maximum atomic E-state index is 12.1. The van der Waals surface area contributed by atoms with Crippen LogP contribution in [0.25, 0.3) is 0 Å². The lowest BCUT2D eigenvalue weighted by atomic mass is 10.1. The Morgan fingerprint density at radius 2 is 1.95 bits per heavy atom. The van der Waals surface area contributed by atoms with Crippen LogP contribution in [0.5, 0.6) is 0 Å². The van der Waals surface area contributed by atoms with E-state index in [1.807, 2.05) is 0 Å². The Kier molecular flexibility index (Phi) is 4.30. The Hall–Kier alpha value is -2.31. The first-order valence-electron chi connectivity index (χ1n) is 5.69. The number of benzene rings is 2. The molecule has 0 atom stereocenters. The van der Waals surface area contributed by atoms with E-state index in [0.29, 0.717) is 10.7 Å². The monoisotopic (exact) mass is 325 g/mol. The molecule has 0 aliphatic rings. The van der Waals surface area contributed by atoms with E-state index in [9.17, 15) is 14.9 Å². The van der Waals surface area contributed by atoms with Crippen LogP contribution in [0.1, 0.15) is 10.4 Å². The molecule has 0 aliphatic carbocycles. The van der Waals surface area contributed by atoms with Gasteiger partial charge in [0.15, 0.2) is 0 Å². The Labute approximate surface area is 129 Å². The number of nitrogens with two attached hydrogens (primary N) is 1. The van der Waals surface area contributed by atoms with E-state index in [-0.39, 0.29) is 16.3 Å². The van der Waals surface area contributed by atoms with Gasteiger partial charge >= 0.3 is 0 Å². The molecule has 3 N–H and O–H groups in total. The number of amides is 1. The number of hydrogen-bond donors (Lipinski definition) is 2. The number of hydrogen-bond acceptors (Lipinski definition) is 4.